The van der Waals surface area contributed by atoms with E-state index in [2.05, 4.69) is 10.1 Å². The van der Waals surface area contributed by atoms with Gasteiger partial charge in [-0.05, 0) is 31.0 Å². The zero-order chi connectivity index (χ0) is 14.3. The third kappa shape index (κ3) is 5.42. The molecule has 2 amide bonds. The minimum absolute atomic E-state index is 0.185. The first-order valence-corrected chi connectivity index (χ1v) is 6.18. The zero-order valence-electron chi connectivity index (χ0n) is 11.6. The van der Waals surface area contributed by atoms with Gasteiger partial charge in [-0.1, -0.05) is 12.1 Å². The monoisotopic (exact) mass is 264 g/mol. The van der Waals surface area contributed by atoms with Crippen LogP contribution in [0.2, 0.25) is 0 Å². The third-order valence-corrected chi connectivity index (χ3v) is 2.72. The molecule has 0 bridgehead atoms. The molecule has 0 aromatic heterocycles. The fourth-order valence-corrected chi connectivity index (χ4v) is 1.61. The van der Waals surface area contributed by atoms with Crippen LogP contribution in [0.3, 0.4) is 0 Å². The van der Waals surface area contributed by atoms with E-state index in [1.807, 2.05) is 31.2 Å². The van der Waals surface area contributed by atoms with Crippen molar-refractivity contribution >= 4 is 17.7 Å². The van der Waals surface area contributed by atoms with Crippen LogP contribution in [0.15, 0.2) is 24.3 Å². The van der Waals surface area contributed by atoms with E-state index in [0.717, 1.165) is 11.3 Å². The number of amides is 2. The van der Waals surface area contributed by atoms with Crippen molar-refractivity contribution < 1.29 is 14.3 Å². The molecule has 1 aromatic rings. The Morgan fingerprint density at radius 3 is 2.74 bits per heavy atom. The first-order chi connectivity index (χ1) is 9.02. The largest absolute Gasteiger partial charge is 0.469 e. The lowest BCUT2D eigenvalue weighted by Crippen LogP contribution is -2.32. The minimum atomic E-state index is -0.257. The highest BCUT2D eigenvalue weighted by molar-refractivity contribution is 5.89. The molecule has 5 heteroatoms. The van der Waals surface area contributed by atoms with Crippen molar-refractivity contribution in [2.45, 2.75) is 19.8 Å². The standard InChI is InChI=1S/C14H20N2O3/c1-11-6-4-7-12(10-11)15-14(18)16(2)9-5-8-13(17)19-3/h4,6-7,10H,5,8-9H2,1-3H3,(H,15,18). The van der Waals surface area contributed by atoms with E-state index in [1.54, 1.807) is 11.9 Å². The van der Waals surface area contributed by atoms with Gasteiger partial charge in [0.25, 0.3) is 0 Å². The maximum Gasteiger partial charge on any atom is 0.321 e. The van der Waals surface area contributed by atoms with Crippen LogP contribution in [0.25, 0.3) is 0 Å². The summed E-state index contributed by atoms with van der Waals surface area (Å²) >= 11 is 0. The van der Waals surface area contributed by atoms with E-state index in [9.17, 15) is 9.59 Å². The summed E-state index contributed by atoms with van der Waals surface area (Å²) in [5, 5.41) is 2.81. The molecule has 0 aliphatic heterocycles. The molecular weight excluding hydrogens is 244 g/mol. The van der Waals surface area contributed by atoms with Gasteiger partial charge >= 0.3 is 12.0 Å². The van der Waals surface area contributed by atoms with Crippen LogP contribution in [0.5, 0.6) is 0 Å². The summed E-state index contributed by atoms with van der Waals surface area (Å²) in [6, 6.07) is 7.42. The molecule has 0 saturated carbocycles. The quantitative estimate of drug-likeness (QED) is 0.831. The van der Waals surface area contributed by atoms with Crippen LogP contribution in [-0.2, 0) is 9.53 Å². The van der Waals surface area contributed by atoms with Gasteiger partial charge in [-0.15, -0.1) is 0 Å². The average molecular weight is 264 g/mol. The number of aryl methyl sites for hydroxylation is 1. The molecule has 5 nitrogen and oxygen atoms in total. The first-order valence-electron chi connectivity index (χ1n) is 6.18. The molecule has 1 rings (SSSR count). The fourth-order valence-electron chi connectivity index (χ4n) is 1.61. The Kier molecular flexibility index (Phi) is 5.85. The highest BCUT2D eigenvalue weighted by atomic mass is 16.5. The van der Waals surface area contributed by atoms with E-state index in [1.165, 1.54) is 7.11 Å². The van der Waals surface area contributed by atoms with Crippen LogP contribution in [0.4, 0.5) is 10.5 Å². The predicted octanol–water partition coefficient (Wildman–Crippen LogP) is 2.41. The molecule has 0 saturated heterocycles. The Labute approximate surface area is 113 Å². The van der Waals surface area contributed by atoms with Crippen molar-refractivity contribution in [1.82, 2.24) is 4.90 Å². The molecule has 0 radical (unpaired) electrons. The normalized spacial score (nSPS) is 9.84. The van der Waals surface area contributed by atoms with Gasteiger partial charge in [0.05, 0.1) is 7.11 Å². The lowest BCUT2D eigenvalue weighted by Gasteiger charge is -2.17. The van der Waals surface area contributed by atoms with Crippen molar-refractivity contribution in [3.05, 3.63) is 29.8 Å². The van der Waals surface area contributed by atoms with Crippen LogP contribution < -0.4 is 5.32 Å². The number of hydrogen-bond acceptors (Lipinski definition) is 3. The van der Waals surface area contributed by atoms with Crippen molar-refractivity contribution in [3.8, 4) is 0 Å². The zero-order valence-corrected chi connectivity index (χ0v) is 11.6. The van der Waals surface area contributed by atoms with Gasteiger partial charge in [0.15, 0.2) is 0 Å². The van der Waals surface area contributed by atoms with Crippen LogP contribution in [-0.4, -0.2) is 37.6 Å². The Balaban J connectivity index is 2.38. The predicted molar refractivity (Wildman–Crippen MR) is 74.1 cm³/mol. The molecule has 0 aliphatic rings. The van der Waals surface area contributed by atoms with Gasteiger partial charge in [-0.3, -0.25) is 4.79 Å². The highest BCUT2D eigenvalue weighted by Gasteiger charge is 2.09. The number of rotatable bonds is 5. The second kappa shape index (κ2) is 7.41. The maximum atomic E-state index is 11.9. The van der Waals surface area contributed by atoms with Crippen molar-refractivity contribution in [3.63, 3.8) is 0 Å². The Morgan fingerprint density at radius 1 is 1.37 bits per heavy atom. The van der Waals surface area contributed by atoms with Crippen LogP contribution >= 0.6 is 0 Å². The van der Waals surface area contributed by atoms with Gasteiger partial charge in [-0.2, -0.15) is 0 Å². The number of esters is 1. The molecule has 0 atom stereocenters. The number of carbonyl (C=O) groups excluding carboxylic acids is 2. The SMILES string of the molecule is COC(=O)CCCN(C)C(=O)Nc1cccc(C)c1. The summed E-state index contributed by atoms with van der Waals surface area (Å²) in [6.07, 6.45) is 0.906. The van der Waals surface area contributed by atoms with E-state index in [4.69, 9.17) is 0 Å². The summed E-state index contributed by atoms with van der Waals surface area (Å²) in [6.45, 7) is 2.47. The topological polar surface area (TPSA) is 58.6 Å². The smallest absolute Gasteiger partial charge is 0.321 e. The fraction of sp³-hybridized carbons (Fsp3) is 0.429. The van der Waals surface area contributed by atoms with E-state index in [-0.39, 0.29) is 12.0 Å². The number of hydrogen-bond donors (Lipinski definition) is 1. The van der Waals surface area contributed by atoms with Gasteiger partial charge in [0.2, 0.25) is 0 Å². The number of anilines is 1. The lowest BCUT2D eigenvalue weighted by molar-refractivity contribution is -0.140. The molecule has 0 unspecified atom stereocenters. The number of urea groups is 1. The van der Waals surface area contributed by atoms with Gasteiger partial charge in [0.1, 0.15) is 0 Å². The number of ether oxygens (including phenoxy) is 1. The van der Waals surface area contributed by atoms with Gasteiger partial charge < -0.3 is 15.0 Å². The summed E-state index contributed by atoms with van der Waals surface area (Å²) in [4.78, 5) is 24.4. The summed E-state index contributed by atoms with van der Waals surface area (Å²) in [5.41, 5.74) is 1.86. The molecule has 19 heavy (non-hydrogen) atoms. The average Bonchev–Trinajstić information content (AvgIpc) is 2.38. The van der Waals surface area contributed by atoms with Crippen molar-refractivity contribution in [2.75, 3.05) is 26.0 Å². The van der Waals surface area contributed by atoms with Crippen molar-refractivity contribution in [1.29, 1.82) is 0 Å². The number of carbonyl (C=O) groups is 2. The number of nitrogens with one attached hydrogen (secondary N) is 1. The van der Waals surface area contributed by atoms with Crippen molar-refractivity contribution in [2.24, 2.45) is 0 Å². The summed E-state index contributed by atoms with van der Waals surface area (Å²) in [7, 11) is 3.05. The minimum Gasteiger partial charge on any atom is -0.469 e. The molecule has 1 N–H and O–H groups in total. The molecule has 1 aromatic carbocycles. The second-order valence-electron chi connectivity index (χ2n) is 4.40. The Morgan fingerprint density at radius 2 is 2.11 bits per heavy atom. The van der Waals surface area contributed by atoms with Gasteiger partial charge in [0, 0.05) is 25.7 Å². The Bertz CT molecular complexity index is 446. The molecule has 0 fully saturated rings. The molecular formula is C14H20N2O3. The third-order valence-electron chi connectivity index (χ3n) is 2.72. The second-order valence-corrected chi connectivity index (χ2v) is 4.40. The number of nitrogens with zero attached hydrogens (tertiary/aromatic N) is 1. The maximum absolute atomic E-state index is 11.9. The van der Waals surface area contributed by atoms with Crippen LogP contribution in [0, 0.1) is 6.92 Å². The summed E-state index contributed by atoms with van der Waals surface area (Å²) in [5.74, 6) is -0.257. The molecule has 104 valence electrons. The van der Waals surface area contributed by atoms with Crippen LogP contribution in [0.1, 0.15) is 18.4 Å². The number of benzene rings is 1. The summed E-state index contributed by atoms with van der Waals surface area (Å²) < 4.78 is 4.54. The Hall–Kier alpha value is -2.04. The van der Waals surface area contributed by atoms with E-state index < -0.39 is 0 Å². The first kappa shape index (κ1) is 15.0. The highest BCUT2D eigenvalue weighted by Crippen LogP contribution is 2.10. The molecule has 0 aliphatic carbocycles. The van der Waals surface area contributed by atoms with E-state index in [0.29, 0.717) is 19.4 Å². The van der Waals surface area contributed by atoms with E-state index >= 15 is 0 Å². The number of methoxy groups -OCH3 is 1. The van der Waals surface area contributed by atoms with Gasteiger partial charge in [-0.25, -0.2) is 4.79 Å². The molecule has 0 spiro atoms. The lowest BCUT2D eigenvalue weighted by atomic mass is 10.2. The molecule has 0 heterocycles.